The van der Waals surface area contributed by atoms with Crippen molar-refractivity contribution in [3.8, 4) is 0 Å². The molecule has 1 rings (SSSR count). The van der Waals surface area contributed by atoms with Crippen LogP contribution in [0, 0.1) is 0 Å². The molecule has 1 aromatic rings. The van der Waals surface area contributed by atoms with Gasteiger partial charge >= 0.3 is 0 Å². The Balaban J connectivity index is 2.78. The summed E-state index contributed by atoms with van der Waals surface area (Å²) in [5, 5.41) is 0. The summed E-state index contributed by atoms with van der Waals surface area (Å²) < 4.78 is 6.67. The molecule has 0 radical (unpaired) electrons. The molecule has 0 saturated heterocycles. The smallest absolute Gasteiger partial charge is 0.252 e. The number of ether oxygens (including phenoxy) is 1. The fourth-order valence-corrected chi connectivity index (χ4v) is 0.857. The molecule has 1 heterocycles. The fourth-order valence-electron chi connectivity index (χ4n) is 0.857. The number of rotatable bonds is 3. The fraction of sp³-hybridized carbons (Fsp3) is 0.250. The maximum absolute atomic E-state index is 10.7. The highest BCUT2D eigenvalue weighted by atomic mass is 16.5. The number of carbonyl (C=O) groups is 1. The highest BCUT2D eigenvalue weighted by Crippen LogP contribution is 1.91. The molecule has 0 fully saturated rings. The molecule has 64 valence electrons. The molecule has 0 aliphatic carbocycles. The molecule has 0 saturated carbocycles. The topological polar surface area (TPSA) is 56.2 Å². The van der Waals surface area contributed by atoms with Crippen molar-refractivity contribution in [2.45, 2.75) is 6.73 Å². The van der Waals surface area contributed by atoms with Gasteiger partial charge in [0, 0.05) is 19.2 Å². The van der Waals surface area contributed by atoms with Crippen LogP contribution in [0.1, 0.15) is 10.4 Å². The zero-order valence-electron chi connectivity index (χ0n) is 6.86. The monoisotopic (exact) mass is 167 g/mol. The summed E-state index contributed by atoms with van der Waals surface area (Å²) in [4.78, 5) is 10.7. The average Bonchev–Trinajstić information content (AvgIpc) is 2.06. The minimum absolute atomic E-state index is 0.417. The van der Waals surface area contributed by atoms with Crippen LogP contribution in [0.3, 0.4) is 0 Å². The van der Waals surface area contributed by atoms with Gasteiger partial charge in [-0.1, -0.05) is 0 Å². The van der Waals surface area contributed by atoms with Gasteiger partial charge in [0.2, 0.25) is 5.91 Å². The normalized spacial score (nSPS) is 9.75. The van der Waals surface area contributed by atoms with Crippen LogP contribution in [0.5, 0.6) is 0 Å². The quantitative estimate of drug-likeness (QED) is 0.627. The highest BCUT2D eigenvalue weighted by Gasteiger charge is 2.02. The molecule has 2 N–H and O–H groups in total. The van der Waals surface area contributed by atoms with Gasteiger partial charge in [-0.2, -0.15) is 4.57 Å². The summed E-state index contributed by atoms with van der Waals surface area (Å²) in [7, 11) is 1.61. The number of nitrogens with two attached hydrogens (primary N) is 1. The first kappa shape index (κ1) is 8.67. The lowest BCUT2D eigenvalue weighted by molar-refractivity contribution is -0.731. The van der Waals surface area contributed by atoms with Crippen LogP contribution in [-0.4, -0.2) is 13.0 Å². The van der Waals surface area contributed by atoms with Gasteiger partial charge < -0.3 is 10.5 Å². The summed E-state index contributed by atoms with van der Waals surface area (Å²) >= 11 is 0. The lowest BCUT2D eigenvalue weighted by Crippen LogP contribution is -2.34. The van der Waals surface area contributed by atoms with Crippen LogP contribution in [-0.2, 0) is 11.5 Å². The number of nitrogens with zero attached hydrogens (tertiary/aromatic N) is 1. The molecular formula is C8H11N2O2+. The Morgan fingerprint density at radius 1 is 1.58 bits per heavy atom. The second kappa shape index (κ2) is 3.82. The van der Waals surface area contributed by atoms with Gasteiger partial charge in [-0.3, -0.25) is 4.79 Å². The molecule has 0 unspecified atom stereocenters. The van der Waals surface area contributed by atoms with Crippen LogP contribution in [0.2, 0.25) is 0 Å². The van der Waals surface area contributed by atoms with E-state index in [4.69, 9.17) is 10.5 Å². The van der Waals surface area contributed by atoms with Gasteiger partial charge in [0.25, 0.3) is 6.73 Å². The highest BCUT2D eigenvalue weighted by molar-refractivity contribution is 5.92. The van der Waals surface area contributed by atoms with Gasteiger partial charge in [-0.25, -0.2) is 0 Å². The molecule has 0 aliphatic heterocycles. The molecule has 4 nitrogen and oxygen atoms in total. The lowest BCUT2D eigenvalue weighted by atomic mass is 10.2. The molecule has 1 aromatic heterocycles. The Hall–Kier alpha value is -1.42. The van der Waals surface area contributed by atoms with E-state index in [1.807, 2.05) is 0 Å². The van der Waals surface area contributed by atoms with Gasteiger partial charge in [0.15, 0.2) is 12.4 Å². The Bertz CT molecular complexity index is 269. The van der Waals surface area contributed by atoms with Crippen LogP contribution in [0.25, 0.3) is 0 Å². The SMILES string of the molecule is COC[n+]1ccc(C(N)=O)cc1. The van der Waals surface area contributed by atoms with Crippen LogP contribution < -0.4 is 10.3 Å². The van der Waals surface area contributed by atoms with Crippen molar-refractivity contribution in [1.29, 1.82) is 0 Å². The summed E-state index contributed by atoms with van der Waals surface area (Å²) in [6.45, 7) is 0.471. The summed E-state index contributed by atoms with van der Waals surface area (Å²) in [5.74, 6) is -0.417. The number of hydrogen-bond acceptors (Lipinski definition) is 2. The average molecular weight is 167 g/mol. The lowest BCUT2D eigenvalue weighted by Gasteiger charge is -1.94. The van der Waals surface area contributed by atoms with Gasteiger partial charge in [0.05, 0.1) is 5.56 Å². The number of primary amides is 1. The number of carbonyl (C=O) groups excluding carboxylic acids is 1. The van der Waals surface area contributed by atoms with E-state index in [9.17, 15) is 4.79 Å². The molecular weight excluding hydrogens is 156 g/mol. The Kier molecular flexibility index (Phi) is 2.76. The molecule has 0 bridgehead atoms. The molecule has 0 aromatic carbocycles. The standard InChI is InChI=1S/C8H10N2O2/c1-12-6-10-4-2-7(3-5-10)8(9)11/h2-5H,6H2,1H3,(H-,9,11)/p+1. The first-order chi connectivity index (χ1) is 5.74. The van der Waals surface area contributed by atoms with Crippen molar-refractivity contribution in [3.63, 3.8) is 0 Å². The first-order valence-electron chi connectivity index (χ1n) is 3.52. The molecule has 0 aliphatic rings. The zero-order chi connectivity index (χ0) is 8.97. The summed E-state index contributed by atoms with van der Waals surface area (Å²) in [6, 6.07) is 3.31. The maximum atomic E-state index is 10.7. The largest absolute Gasteiger partial charge is 0.366 e. The van der Waals surface area contributed by atoms with E-state index < -0.39 is 5.91 Å². The van der Waals surface area contributed by atoms with Crippen molar-refractivity contribution in [2.24, 2.45) is 5.73 Å². The summed E-state index contributed by atoms with van der Waals surface area (Å²) in [6.07, 6.45) is 3.48. The Morgan fingerprint density at radius 3 is 2.58 bits per heavy atom. The third-order valence-electron chi connectivity index (χ3n) is 1.45. The van der Waals surface area contributed by atoms with Crippen molar-refractivity contribution in [2.75, 3.05) is 7.11 Å². The number of pyridine rings is 1. The van der Waals surface area contributed by atoms with Crippen molar-refractivity contribution in [1.82, 2.24) is 0 Å². The number of amides is 1. The maximum Gasteiger partial charge on any atom is 0.252 e. The van der Waals surface area contributed by atoms with E-state index in [0.717, 1.165) is 0 Å². The predicted octanol–water partition coefficient (Wildman–Crippen LogP) is -0.323. The Morgan fingerprint density at radius 2 is 2.17 bits per heavy atom. The third kappa shape index (κ3) is 2.03. The Labute approximate surface area is 70.6 Å². The second-order valence-corrected chi connectivity index (χ2v) is 2.38. The molecule has 1 amide bonds. The van der Waals surface area contributed by atoms with E-state index in [-0.39, 0.29) is 0 Å². The summed E-state index contributed by atoms with van der Waals surface area (Å²) in [5.41, 5.74) is 5.56. The number of methoxy groups -OCH3 is 1. The van der Waals surface area contributed by atoms with Gasteiger partial charge in [-0.05, 0) is 0 Å². The van der Waals surface area contributed by atoms with E-state index in [1.165, 1.54) is 0 Å². The molecule has 0 spiro atoms. The second-order valence-electron chi connectivity index (χ2n) is 2.38. The third-order valence-corrected chi connectivity index (χ3v) is 1.45. The van der Waals surface area contributed by atoms with Crippen LogP contribution >= 0.6 is 0 Å². The van der Waals surface area contributed by atoms with Crippen molar-refractivity contribution < 1.29 is 14.1 Å². The number of aromatic nitrogens is 1. The van der Waals surface area contributed by atoms with Gasteiger partial charge in [0.1, 0.15) is 0 Å². The van der Waals surface area contributed by atoms with E-state index in [2.05, 4.69) is 0 Å². The van der Waals surface area contributed by atoms with Crippen molar-refractivity contribution >= 4 is 5.91 Å². The first-order valence-corrected chi connectivity index (χ1v) is 3.52. The number of hydrogen-bond donors (Lipinski definition) is 1. The van der Waals surface area contributed by atoms with Gasteiger partial charge in [-0.15, -0.1) is 0 Å². The van der Waals surface area contributed by atoms with E-state index >= 15 is 0 Å². The minimum atomic E-state index is -0.417. The van der Waals surface area contributed by atoms with Crippen LogP contribution in [0.15, 0.2) is 24.5 Å². The molecule has 4 heteroatoms. The van der Waals surface area contributed by atoms with E-state index in [1.54, 1.807) is 36.2 Å². The predicted molar refractivity (Wildman–Crippen MR) is 42.2 cm³/mol. The van der Waals surface area contributed by atoms with Crippen LogP contribution in [0.4, 0.5) is 0 Å². The van der Waals surface area contributed by atoms with E-state index in [0.29, 0.717) is 12.3 Å². The molecule has 12 heavy (non-hydrogen) atoms. The molecule has 0 atom stereocenters. The minimum Gasteiger partial charge on any atom is -0.366 e. The van der Waals surface area contributed by atoms with Crippen molar-refractivity contribution in [3.05, 3.63) is 30.1 Å². The zero-order valence-corrected chi connectivity index (χ0v) is 6.86.